The number of carbonyl (C=O) groups is 1. The molecule has 2 aromatic heterocycles. The molecule has 120 valence electrons. The molecule has 1 N–H and O–H groups in total. The predicted octanol–water partition coefficient (Wildman–Crippen LogP) is 3.25. The van der Waals surface area contributed by atoms with Crippen molar-refractivity contribution in [3.05, 3.63) is 83.4 Å². The highest BCUT2D eigenvalue weighted by Gasteiger charge is 2.09. The Balaban J connectivity index is 1.78. The number of rotatable bonds is 4. The maximum atomic E-state index is 11.9. The topological polar surface area (TPSA) is 59.3 Å². The summed E-state index contributed by atoms with van der Waals surface area (Å²) >= 11 is 0. The molecule has 5 heteroatoms. The monoisotopic (exact) mass is 318 g/mol. The molecule has 0 aliphatic heterocycles. The van der Waals surface area contributed by atoms with Crippen molar-refractivity contribution < 1.29 is 4.79 Å². The maximum absolute atomic E-state index is 11.9. The Labute approximate surface area is 140 Å². The molecule has 0 spiro atoms. The minimum absolute atomic E-state index is 0.281. The molecule has 5 nitrogen and oxygen atoms in total. The summed E-state index contributed by atoms with van der Waals surface area (Å²) in [6, 6.07) is 15.6. The van der Waals surface area contributed by atoms with E-state index in [1.165, 1.54) is 6.20 Å². The molecule has 0 aliphatic carbocycles. The second-order valence-electron chi connectivity index (χ2n) is 5.44. The highest BCUT2D eigenvalue weighted by Crippen LogP contribution is 2.19. The van der Waals surface area contributed by atoms with Crippen LogP contribution < -0.4 is 5.43 Å². The van der Waals surface area contributed by atoms with Crippen molar-refractivity contribution in [1.82, 2.24) is 15.0 Å². The molecule has 3 aromatic rings. The lowest BCUT2D eigenvalue weighted by molar-refractivity contribution is 0.0955. The largest absolute Gasteiger partial charge is 0.318 e. The van der Waals surface area contributed by atoms with Crippen LogP contribution in [0.2, 0.25) is 0 Å². The van der Waals surface area contributed by atoms with Gasteiger partial charge >= 0.3 is 0 Å². The lowest BCUT2D eigenvalue weighted by Gasteiger charge is -2.08. The fourth-order valence-corrected chi connectivity index (χ4v) is 2.61. The maximum Gasteiger partial charge on any atom is 0.272 e. The quantitative estimate of drug-likeness (QED) is 0.593. The van der Waals surface area contributed by atoms with Gasteiger partial charge in [0.05, 0.1) is 11.8 Å². The number of aryl methyl sites for hydroxylation is 1. The molecule has 0 bridgehead atoms. The average Bonchev–Trinajstić information content (AvgIpc) is 2.90. The molecule has 1 aromatic carbocycles. The smallest absolute Gasteiger partial charge is 0.272 e. The Kier molecular flexibility index (Phi) is 4.52. The van der Waals surface area contributed by atoms with E-state index < -0.39 is 0 Å². The van der Waals surface area contributed by atoms with Crippen molar-refractivity contribution in [1.29, 1.82) is 0 Å². The Morgan fingerprint density at radius 3 is 2.67 bits per heavy atom. The van der Waals surface area contributed by atoms with Gasteiger partial charge in [0.15, 0.2) is 0 Å². The van der Waals surface area contributed by atoms with Gasteiger partial charge in [-0.3, -0.25) is 9.78 Å². The minimum Gasteiger partial charge on any atom is -0.318 e. The summed E-state index contributed by atoms with van der Waals surface area (Å²) in [5, 5.41) is 4.06. The van der Waals surface area contributed by atoms with Crippen molar-refractivity contribution in [3.8, 4) is 5.69 Å². The van der Waals surface area contributed by atoms with Gasteiger partial charge in [-0.05, 0) is 44.2 Å². The fraction of sp³-hybridized carbons (Fsp3) is 0.105. The number of hydrogen-bond acceptors (Lipinski definition) is 3. The molecule has 1 amide bonds. The summed E-state index contributed by atoms with van der Waals surface area (Å²) in [5.74, 6) is -0.281. The Bertz CT molecular complexity index is 867. The SMILES string of the molecule is Cc1cc(/C=N/NC(=O)c2cccnc2)c(C)n1-c1ccccc1. The second kappa shape index (κ2) is 6.91. The number of benzene rings is 1. The third-order valence-corrected chi connectivity index (χ3v) is 3.78. The van der Waals surface area contributed by atoms with Crippen molar-refractivity contribution in [3.63, 3.8) is 0 Å². The van der Waals surface area contributed by atoms with Crippen LogP contribution in [0.1, 0.15) is 27.3 Å². The van der Waals surface area contributed by atoms with Crippen molar-refractivity contribution in [2.45, 2.75) is 13.8 Å². The number of carbonyl (C=O) groups excluding carboxylic acids is 1. The van der Waals surface area contributed by atoms with Gasteiger partial charge in [0.2, 0.25) is 0 Å². The molecule has 24 heavy (non-hydrogen) atoms. The highest BCUT2D eigenvalue weighted by atomic mass is 16.2. The van der Waals surface area contributed by atoms with Gasteiger partial charge in [-0.2, -0.15) is 5.10 Å². The first kappa shape index (κ1) is 15.7. The van der Waals surface area contributed by atoms with Crippen molar-refractivity contribution >= 4 is 12.1 Å². The zero-order chi connectivity index (χ0) is 16.9. The first-order valence-electron chi connectivity index (χ1n) is 7.64. The van der Waals surface area contributed by atoms with Crippen LogP contribution in [0.3, 0.4) is 0 Å². The highest BCUT2D eigenvalue weighted by molar-refractivity contribution is 5.94. The molecular weight excluding hydrogens is 300 g/mol. The van der Waals surface area contributed by atoms with Crippen LogP contribution in [0.5, 0.6) is 0 Å². The molecule has 2 heterocycles. The fourth-order valence-electron chi connectivity index (χ4n) is 2.61. The van der Waals surface area contributed by atoms with E-state index in [0.717, 1.165) is 22.6 Å². The van der Waals surface area contributed by atoms with E-state index in [1.54, 1.807) is 24.5 Å². The number of para-hydroxylation sites is 1. The summed E-state index contributed by atoms with van der Waals surface area (Å²) in [6.07, 6.45) is 4.79. The predicted molar refractivity (Wildman–Crippen MR) is 94.5 cm³/mol. The van der Waals surface area contributed by atoms with Gasteiger partial charge in [0.1, 0.15) is 0 Å². The first-order chi connectivity index (χ1) is 11.7. The summed E-state index contributed by atoms with van der Waals surface area (Å²) in [7, 11) is 0. The molecule has 0 saturated carbocycles. The van der Waals surface area contributed by atoms with E-state index in [2.05, 4.69) is 32.2 Å². The van der Waals surface area contributed by atoms with E-state index in [9.17, 15) is 4.79 Å². The molecule has 3 rings (SSSR count). The van der Waals surface area contributed by atoms with Crippen LogP contribution >= 0.6 is 0 Å². The van der Waals surface area contributed by atoms with Gasteiger partial charge in [0, 0.05) is 35.0 Å². The van der Waals surface area contributed by atoms with Crippen LogP contribution in [-0.2, 0) is 0 Å². The van der Waals surface area contributed by atoms with Gasteiger partial charge in [0.25, 0.3) is 5.91 Å². The van der Waals surface area contributed by atoms with Gasteiger partial charge in [-0.1, -0.05) is 18.2 Å². The summed E-state index contributed by atoms with van der Waals surface area (Å²) in [4.78, 5) is 15.9. The molecule has 0 radical (unpaired) electrons. The third kappa shape index (κ3) is 3.25. The number of hydrazone groups is 1. The molecular formula is C19H18N4O. The lowest BCUT2D eigenvalue weighted by Crippen LogP contribution is -2.17. The molecule has 0 fully saturated rings. The number of nitrogens with zero attached hydrogens (tertiary/aromatic N) is 3. The summed E-state index contributed by atoms with van der Waals surface area (Å²) in [6.45, 7) is 4.08. The van der Waals surface area contributed by atoms with Gasteiger partial charge in [-0.25, -0.2) is 5.43 Å². The average molecular weight is 318 g/mol. The van der Waals surface area contributed by atoms with E-state index in [1.807, 2.05) is 38.1 Å². The normalized spacial score (nSPS) is 10.9. The summed E-state index contributed by atoms with van der Waals surface area (Å²) in [5.41, 5.74) is 7.24. The van der Waals surface area contributed by atoms with Crippen LogP contribution in [-0.4, -0.2) is 21.7 Å². The number of nitrogens with one attached hydrogen (secondary N) is 1. The van der Waals surface area contributed by atoms with Gasteiger partial charge in [-0.15, -0.1) is 0 Å². The van der Waals surface area contributed by atoms with Gasteiger partial charge < -0.3 is 4.57 Å². The molecule has 0 atom stereocenters. The number of aromatic nitrogens is 2. The zero-order valence-corrected chi connectivity index (χ0v) is 13.6. The summed E-state index contributed by atoms with van der Waals surface area (Å²) < 4.78 is 2.16. The van der Waals surface area contributed by atoms with Crippen LogP contribution in [0.25, 0.3) is 5.69 Å². The van der Waals surface area contributed by atoms with Crippen LogP contribution in [0.4, 0.5) is 0 Å². The van der Waals surface area contributed by atoms with E-state index >= 15 is 0 Å². The molecule has 0 aliphatic rings. The van der Waals surface area contributed by atoms with Crippen molar-refractivity contribution in [2.24, 2.45) is 5.10 Å². The van der Waals surface area contributed by atoms with Crippen LogP contribution in [0, 0.1) is 13.8 Å². The van der Waals surface area contributed by atoms with Crippen molar-refractivity contribution in [2.75, 3.05) is 0 Å². The molecule has 0 saturated heterocycles. The zero-order valence-electron chi connectivity index (χ0n) is 13.6. The Morgan fingerprint density at radius 2 is 1.96 bits per heavy atom. The minimum atomic E-state index is -0.281. The number of hydrogen-bond donors (Lipinski definition) is 1. The lowest BCUT2D eigenvalue weighted by atomic mass is 10.2. The second-order valence-corrected chi connectivity index (χ2v) is 5.44. The Morgan fingerprint density at radius 1 is 1.17 bits per heavy atom. The standard InChI is InChI=1S/C19H18N4O/c1-14-11-17(15(2)23(14)18-8-4-3-5-9-18)13-21-22-19(24)16-7-6-10-20-12-16/h3-13H,1-2H3,(H,22,24)/b21-13+. The van der Waals surface area contributed by atoms with Crippen LogP contribution in [0.15, 0.2) is 66.0 Å². The number of amides is 1. The number of pyridine rings is 1. The first-order valence-corrected chi connectivity index (χ1v) is 7.64. The van der Waals surface area contributed by atoms with E-state index in [0.29, 0.717) is 5.56 Å². The molecule has 0 unspecified atom stereocenters. The Hall–Kier alpha value is -3.21. The third-order valence-electron chi connectivity index (χ3n) is 3.78. The van der Waals surface area contributed by atoms with E-state index in [4.69, 9.17) is 0 Å². The van der Waals surface area contributed by atoms with E-state index in [-0.39, 0.29) is 5.91 Å².